The molecule has 4 nitrogen and oxygen atoms in total. The van der Waals surface area contributed by atoms with Gasteiger partial charge in [0, 0.05) is 33.8 Å². The van der Waals surface area contributed by atoms with Gasteiger partial charge in [-0.3, -0.25) is 4.79 Å². The number of anilines is 1. The zero-order chi connectivity index (χ0) is 17.3. The molecule has 1 aliphatic heterocycles. The summed E-state index contributed by atoms with van der Waals surface area (Å²) in [6.07, 6.45) is 1.000. The zero-order valence-electron chi connectivity index (χ0n) is 14.8. The highest BCUT2D eigenvalue weighted by Gasteiger charge is 2.37. The summed E-state index contributed by atoms with van der Waals surface area (Å²) in [4.78, 5) is 13.6. The molecule has 2 unspecified atom stereocenters. The van der Waals surface area contributed by atoms with Gasteiger partial charge in [0.15, 0.2) is 0 Å². The van der Waals surface area contributed by atoms with Gasteiger partial charge in [-0.15, -0.1) is 0 Å². The van der Waals surface area contributed by atoms with E-state index in [1.807, 2.05) is 19.2 Å². The fourth-order valence-corrected chi connectivity index (χ4v) is 3.56. The molecule has 1 aliphatic rings. The minimum atomic E-state index is 0.0519. The van der Waals surface area contributed by atoms with Crippen molar-refractivity contribution in [3.8, 4) is 0 Å². The Morgan fingerprint density at radius 3 is 2.21 bits per heavy atom. The van der Waals surface area contributed by atoms with Crippen LogP contribution in [0.4, 0.5) is 5.69 Å². The third kappa shape index (κ3) is 2.95. The molecule has 3 rings (SSSR count). The van der Waals surface area contributed by atoms with Crippen LogP contribution in [-0.4, -0.2) is 37.1 Å². The minimum Gasteiger partial charge on any atom is -0.315 e. The third-order valence-corrected chi connectivity index (χ3v) is 5.16. The minimum absolute atomic E-state index is 0.0519. The van der Waals surface area contributed by atoms with Crippen LogP contribution in [0.1, 0.15) is 36.6 Å². The van der Waals surface area contributed by atoms with Crippen molar-refractivity contribution in [1.29, 1.82) is 0 Å². The number of carbonyl (C=O) groups is 1. The highest BCUT2D eigenvalue weighted by molar-refractivity contribution is 5.91. The molecule has 0 radical (unpaired) electrons. The van der Waals surface area contributed by atoms with Crippen molar-refractivity contribution in [3.05, 3.63) is 65.7 Å². The van der Waals surface area contributed by atoms with Crippen LogP contribution in [0.25, 0.3) is 0 Å². The van der Waals surface area contributed by atoms with Gasteiger partial charge in [-0.1, -0.05) is 48.5 Å². The zero-order valence-corrected chi connectivity index (χ0v) is 14.8. The monoisotopic (exact) mass is 323 g/mol. The van der Waals surface area contributed by atoms with E-state index in [9.17, 15) is 4.79 Å². The maximum absolute atomic E-state index is 11.8. The second kappa shape index (κ2) is 6.75. The number of benzene rings is 2. The van der Waals surface area contributed by atoms with E-state index in [2.05, 4.69) is 66.6 Å². The van der Waals surface area contributed by atoms with Crippen LogP contribution in [0.3, 0.4) is 0 Å². The first kappa shape index (κ1) is 16.7. The van der Waals surface area contributed by atoms with Crippen LogP contribution in [-0.2, 0) is 4.79 Å². The summed E-state index contributed by atoms with van der Waals surface area (Å²) >= 11 is 0. The summed E-state index contributed by atoms with van der Waals surface area (Å²) in [5, 5.41) is 4.58. The molecule has 1 amide bonds. The lowest BCUT2D eigenvalue weighted by Gasteiger charge is -2.30. The molecule has 0 bridgehead atoms. The SMILES string of the molecule is CC(=O)N(C)c1ccccc1C1CC(c2ccccc2)N(C)N1C. The van der Waals surface area contributed by atoms with Crippen LogP contribution in [0.15, 0.2) is 54.6 Å². The maximum atomic E-state index is 11.8. The smallest absolute Gasteiger partial charge is 0.223 e. The van der Waals surface area contributed by atoms with Crippen LogP contribution < -0.4 is 4.90 Å². The van der Waals surface area contributed by atoms with Gasteiger partial charge in [0.05, 0.1) is 12.1 Å². The third-order valence-electron chi connectivity index (χ3n) is 5.16. The van der Waals surface area contributed by atoms with Gasteiger partial charge >= 0.3 is 0 Å². The van der Waals surface area contributed by atoms with Gasteiger partial charge in [0.1, 0.15) is 0 Å². The summed E-state index contributed by atoms with van der Waals surface area (Å²) in [5.41, 5.74) is 3.51. The molecule has 1 heterocycles. The number of carbonyl (C=O) groups excluding carboxylic acids is 1. The second-order valence-electron chi connectivity index (χ2n) is 6.46. The first-order valence-electron chi connectivity index (χ1n) is 8.34. The topological polar surface area (TPSA) is 26.8 Å². The number of amides is 1. The van der Waals surface area contributed by atoms with E-state index in [0.717, 1.165) is 12.1 Å². The van der Waals surface area contributed by atoms with Gasteiger partial charge in [-0.25, -0.2) is 10.0 Å². The normalized spacial score (nSPS) is 21.8. The molecule has 0 saturated carbocycles. The van der Waals surface area contributed by atoms with Crippen molar-refractivity contribution in [2.24, 2.45) is 0 Å². The van der Waals surface area contributed by atoms with Gasteiger partial charge in [0.2, 0.25) is 5.91 Å². The van der Waals surface area contributed by atoms with Crippen molar-refractivity contribution in [1.82, 2.24) is 10.0 Å². The molecule has 1 saturated heterocycles. The molecular weight excluding hydrogens is 298 g/mol. The van der Waals surface area contributed by atoms with Crippen molar-refractivity contribution in [2.75, 3.05) is 26.0 Å². The molecule has 4 heteroatoms. The molecule has 24 heavy (non-hydrogen) atoms. The van der Waals surface area contributed by atoms with E-state index in [0.29, 0.717) is 6.04 Å². The molecular formula is C20H25N3O. The first-order chi connectivity index (χ1) is 11.5. The van der Waals surface area contributed by atoms with Gasteiger partial charge < -0.3 is 4.90 Å². The highest BCUT2D eigenvalue weighted by atomic mass is 16.2. The molecule has 0 spiro atoms. The Bertz CT molecular complexity index is 716. The predicted octanol–water partition coefficient (Wildman–Crippen LogP) is 3.63. The lowest BCUT2D eigenvalue weighted by atomic mass is 9.95. The van der Waals surface area contributed by atoms with E-state index in [-0.39, 0.29) is 11.9 Å². The average Bonchev–Trinajstić information content (AvgIpc) is 2.90. The van der Waals surface area contributed by atoms with E-state index < -0.39 is 0 Å². The maximum Gasteiger partial charge on any atom is 0.223 e. The lowest BCUT2D eigenvalue weighted by molar-refractivity contribution is -0.116. The molecule has 0 N–H and O–H groups in total. The summed E-state index contributed by atoms with van der Waals surface area (Å²) in [7, 11) is 6.10. The van der Waals surface area contributed by atoms with Crippen molar-refractivity contribution in [3.63, 3.8) is 0 Å². The number of nitrogens with zero attached hydrogens (tertiary/aromatic N) is 3. The predicted molar refractivity (Wildman–Crippen MR) is 97.6 cm³/mol. The van der Waals surface area contributed by atoms with E-state index in [4.69, 9.17) is 0 Å². The van der Waals surface area contributed by atoms with Crippen LogP contribution >= 0.6 is 0 Å². The average molecular weight is 323 g/mol. The molecule has 2 atom stereocenters. The van der Waals surface area contributed by atoms with Gasteiger partial charge in [-0.2, -0.15) is 0 Å². The second-order valence-corrected chi connectivity index (χ2v) is 6.46. The summed E-state index contributed by atoms with van der Waals surface area (Å²) in [6.45, 7) is 1.61. The number of hydrazine groups is 1. The number of rotatable bonds is 3. The van der Waals surface area contributed by atoms with E-state index >= 15 is 0 Å². The van der Waals surface area contributed by atoms with E-state index in [1.54, 1.807) is 11.8 Å². The molecule has 2 aromatic carbocycles. The molecule has 0 aliphatic carbocycles. The number of hydrogen-bond acceptors (Lipinski definition) is 3. The molecule has 126 valence electrons. The quantitative estimate of drug-likeness (QED) is 0.863. The van der Waals surface area contributed by atoms with Crippen molar-refractivity contribution in [2.45, 2.75) is 25.4 Å². The van der Waals surface area contributed by atoms with Gasteiger partial charge in [0.25, 0.3) is 0 Å². The Hall–Kier alpha value is -2.17. The lowest BCUT2D eigenvalue weighted by Crippen LogP contribution is -2.33. The summed E-state index contributed by atoms with van der Waals surface area (Å²) in [5.74, 6) is 0.0519. The van der Waals surface area contributed by atoms with Crippen LogP contribution in [0.2, 0.25) is 0 Å². The Labute approximate surface area is 144 Å². The Morgan fingerprint density at radius 2 is 1.54 bits per heavy atom. The highest BCUT2D eigenvalue weighted by Crippen LogP contribution is 2.44. The Balaban J connectivity index is 1.95. The standard InChI is InChI=1S/C20H25N3O/c1-15(24)21(2)18-13-9-8-12-17(18)20-14-19(22(3)23(20)4)16-10-6-5-7-11-16/h5-13,19-20H,14H2,1-4H3. The summed E-state index contributed by atoms with van der Waals surface area (Å²) in [6, 6.07) is 19.4. The Kier molecular flexibility index (Phi) is 4.69. The fourth-order valence-electron chi connectivity index (χ4n) is 3.56. The molecule has 0 aromatic heterocycles. The first-order valence-corrected chi connectivity index (χ1v) is 8.34. The Morgan fingerprint density at radius 1 is 0.958 bits per heavy atom. The molecule has 1 fully saturated rings. The molecule has 2 aromatic rings. The van der Waals surface area contributed by atoms with Crippen molar-refractivity contribution >= 4 is 11.6 Å². The number of hydrogen-bond donors (Lipinski definition) is 0. The summed E-state index contributed by atoms with van der Waals surface area (Å²) < 4.78 is 0. The van der Waals surface area contributed by atoms with Crippen LogP contribution in [0.5, 0.6) is 0 Å². The number of para-hydroxylation sites is 1. The fraction of sp³-hybridized carbons (Fsp3) is 0.350. The van der Waals surface area contributed by atoms with Gasteiger partial charge in [-0.05, 0) is 23.6 Å². The van der Waals surface area contributed by atoms with Crippen molar-refractivity contribution < 1.29 is 4.79 Å². The largest absolute Gasteiger partial charge is 0.315 e. The van der Waals surface area contributed by atoms with E-state index in [1.165, 1.54) is 11.1 Å². The van der Waals surface area contributed by atoms with Crippen LogP contribution in [0, 0.1) is 0 Å².